The number of nitrogens with zero attached hydrogens (tertiary/aromatic N) is 2. The van der Waals surface area contributed by atoms with Crippen LogP contribution in [0.15, 0.2) is 12.3 Å². The number of anilines is 1. The molecule has 0 aliphatic rings. The Kier molecular flexibility index (Phi) is 5.85. The lowest BCUT2D eigenvalue weighted by Gasteiger charge is -2.08. The van der Waals surface area contributed by atoms with Gasteiger partial charge in [0.15, 0.2) is 0 Å². The molecule has 0 saturated heterocycles. The van der Waals surface area contributed by atoms with E-state index in [0.717, 1.165) is 12.3 Å². The Labute approximate surface area is 116 Å². The van der Waals surface area contributed by atoms with E-state index in [1.54, 1.807) is 0 Å². The number of ether oxygens (including phenoxy) is 1. The average Bonchev–Trinajstić information content (AvgIpc) is 2.37. The summed E-state index contributed by atoms with van der Waals surface area (Å²) in [6, 6.07) is 1.10. The minimum atomic E-state index is -0.630. The third-order valence-corrected chi connectivity index (χ3v) is 2.34. The Morgan fingerprint density at radius 1 is 1.60 bits per heavy atom. The van der Waals surface area contributed by atoms with Crippen molar-refractivity contribution in [3.05, 3.63) is 27.9 Å². The van der Waals surface area contributed by atoms with Crippen molar-refractivity contribution >= 4 is 17.4 Å². The van der Waals surface area contributed by atoms with Gasteiger partial charge in [0.25, 0.3) is 11.6 Å². The largest absolute Gasteiger partial charge is 0.383 e. The Bertz CT molecular complexity index is 490. The van der Waals surface area contributed by atoms with Crippen LogP contribution < -0.4 is 11.1 Å². The molecule has 1 amide bonds. The molecule has 1 rings (SSSR count). The zero-order valence-electron chi connectivity index (χ0n) is 11.5. The summed E-state index contributed by atoms with van der Waals surface area (Å²) in [7, 11) is 0. The molecule has 0 atom stereocenters. The fraction of sp³-hybridized carbons (Fsp3) is 0.500. The van der Waals surface area contributed by atoms with Gasteiger partial charge in [0.1, 0.15) is 12.0 Å². The summed E-state index contributed by atoms with van der Waals surface area (Å²) in [5.74, 6) is -0.134. The zero-order valence-corrected chi connectivity index (χ0v) is 11.5. The lowest BCUT2D eigenvalue weighted by Crippen LogP contribution is -2.28. The molecule has 110 valence electrons. The summed E-state index contributed by atoms with van der Waals surface area (Å²) in [4.78, 5) is 25.5. The molecule has 8 heteroatoms. The number of nitrogens with one attached hydrogen (secondary N) is 1. The van der Waals surface area contributed by atoms with Crippen molar-refractivity contribution in [1.29, 1.82) is 0 Å². The summed E-state index contributed by atoms with van der Waals surface area (Å²) in [5, 5.41) is 13.2. The second-order valence-electron chi connectivity index (χ2n) is 4.61. The molecular formula is C12H18N4O4. The summed E-state index contributed by atoms with van der Waals surface area (Å²) in [5.41, 5.74) is 5.25. The van der Waals surface area contributed by atoms with Crippen LogP contribution in [-0.2, 0) is 4.74 Å². The number of aromatic nitrogens is 1. The maximum absolute atomic E-state index is 11.8. The average molecular weight is 282 g/mol. The van der Waals surface area contributed by atoms with E-state index in [2.05, 4.69) is 10.3 Å². The molecule has 0 spiro atoms. The third-order valence-electron chi connectivity index (χ3n) is 2.34. The number of carbonyl (C=O) groups is 1. The van der Waals surface area contributed by atoms with Crippen molar-refractivity contribution in [2.24, 2.45) is 5.92 Å². The van der Waals surface area contributed by atoms with Crippen molar-refractivity contribution in [3.63, 3.8) is 0 Å². The Morgan fingerprint density at radius 3 is 2.90 bits per heavy atom. The number of hydrogen-bond acceptors (Lipinski definition) is 6. The highest BCUT2D eigenvalue weighted by molar-refractivity contribution is 5.98. The minimum absolute atomic E-state index is 0.0111. The van der Waals surface area contributed by atoms with Gasteiger partial charge >= 0.3 is 0 Å². The van der Waals surface area contributed by atoms with Crippen molar-refractivity contribution in [3.8, 4) is 0 Å². The number of nitrogens with two attached hydrogens (primary N) is 1. The third kappa shape index (κ3) is 4.81. The van der Waals surface area contributed by atoms with Crippen LogP contribution in [0.1, 0.15) is 24.2 Å². The van der Waals surface area contributed by atoms with Crippen molar-refractivity contribution in [2.45, 2.75) is 13.8 Å². The van der Waals surface area contributed by atoms with Gasteiger partial charge in [-0.05, 0) is 5.92 Å². The van der Waals surface area contributed by atoms with E-state index in [0.29, 0.717) is 25.7 Å². The molecule has 0 aliphatic heterocycles. The molecule has 1 heterocycles. The molecule has 0 aliphatic carbocycles. The van der Waals surface area contributed by atoms with Crippen LogP contribution in [-0.4, -0.2) is 35.6 Å². The van der Waals surface area contributed by atoms with Gasteiger partial charge in [0, 0.05) is 19.2 Å². The van der Waals surface area contributed by atoms with E-state index in [1.165, 1.54) is 0 Å². The highest BCUT2D eigenvalue weighted by atomic mass is 16.6. The zero-order chi connectivity index (χ0) is 15.1. The fourth-order valence-corrected chi connectivity index (χ4v) is 1.40. The van der Waals surface area contributed by atoms with E-state index in [9.17, 15) is 14.9 Å². The second-order valence-corrected chi connectivity index (χ2v) is 4.61. The molecule has 0 aromatic carbocycles. The Balaban J connectivity index is 2.55. The van der Waals surface area contributed by atoms with E-state index in [4.69, 9.17) is 10.5 Å². The highest BCUT2D eigenvalue weighted by Crippen LogP contribution is 2.16. The molecule has 8 nitrogen and oxygen atoms in total. The normalized spacial score (nSPS) is 10.6. The first-order valence-electron chi connectivity index (χ1n) is 6.17. The number of pyridine rings is 1. The minimum Gasteiger partial charge on any atom is -0.383 e. The van der Waals surface area contributed by atoms with Gasteiger partial charge in [-0.15, -0.1) is 0 Å². The molecule has 0 saturated carbocycles. The maximum Gasteiger partial charge on any atom is 0.288 e. The standard InChI is InChI=1S/C12H18N4O4/c1-8(2)7-20-4-3-14-12(17)10-5-9(16(18)19)6-15-11(10)13/h5-6,8H,3-4,7H2,1-2H3,(H2,13,15)(H,14,17). The van der Waals surface area contributed by atoms with Crippen molar-refractivity contribution in [1.82, 2.24) is 10.3 Å². The van der Waals surface area contributed by atoms with Gasteiger partial charge in [0.05, 0.1) is 17.1 Å². The second kappa shape index (κ2) is 7.39. The molecule has 1 aromatic rings. The number of amides is 1. The molecule has 0 radical (unpaired) electrons. The number of hydrogen-bond donors (Lipinski definition) is 2. The quantitative estimate of drug-likeness (QED) is 0.437. The van der Waals surface area contributed by atoms with Gasteiger partial charge < -0.3 is 15.8 Å². The van der Waals surface area contributed by atoms with Crippen LogP contribution >= 0.6 is 0 Å². The molecule has 0 bridgehead atoms. The highest BCUT2D eigenvalue weighted by Gasteiger charge is 2.16. The van der Waals surface area contributed by atoms with Crippen LogP contribution in [0, 0.1) is 16.0 Å². The Morgan fingerprint density at radius 2 is 2.30 bits per heavy atom. The topological polar surface area (TPSA) is 120 Å². The van der Waals surface area contributed by atoms with E-state index >= 15 is 0 Å². The fourth-order valence-electron chi connectivity index (χ4n) is 1.40. The van der Waals surface area contributed by atoms with Crippen LogP contribution in [0.5, 0.6) is 0 Å². The van der Waals surface area contributed by atoms with Crippen LogP contribution in [0.4, 0.5) is 11.5 Å². The Hall–Kier alpha value is -2.22. The lowest BCUT2D eigenvalue weighted by molar-refractivity contribution is -0.385. The predicted molar refractivity (Wildman–Crippen MR) is 73.3 cm³/mol. The first-order chi connectivity index (χ1) is 9.41. The molecule has 20 heavy (non-hydrogen) atoms. The van der Waals surface area contributed by atoms with Crippen LogP contribution in [0.2, 0.25) is 0 Å². The molecule has 3 N–H and O–H groups in total. The predicted octanol–water partition coefficient (Wildman–Crippen LogP) is 0.974. The summed E-state index contributed by atoms with van der Waals surface area (Å²) in [6.45, 7) is 5.32. The summed E-state index contributed by atoms with van der Waals surface area (Å²) >= 11 is 0. The van der Waals surface area contributed by atoms with Crippen molar-refractivity contribution in [2.75, 3.05) is 25.5 Å². The van der Waals surface area contributed by atoms with Gasteiger partial charge in [-0.1, -0.05) is 13.8 Å². The first-order valence-corrected chi connectivity index (χ1v) is 6.17. The van der Waals surface area contributed by atoms with Gasteiger partial charge in [-0.3, -0.25) is 14.9 Å². The number of carbonyl (C=O) groups excluding carboxylic acids is 1. The number of nitro groups is 1. The smallest absolute Gasteiger partial charge is 0.288 e. The van der Waals surface area contributed by atoms with E-state index in [1.807, 2.05) is 13.8 Å². The SMILES string of the molecule is CC(C)COCCNC(=O)c1cc([N+](=O)[O-])cnc1N. The molecule has 0 unspecified atom stereocenters. The first kappa shape index (κ1) is 15.8. The van der Waals surface area contributed by atoms with Gasteiger partial charge in [-0.2, -0.15) is 0 Å². The molecule has 0 fully saturated rings. The maximum atomic E-state index is 11.8. The summed E-state index contributed by atoms with van der Waals surface area (Å²) < 4.78 is 5.30. The van der Waals surface area contributed by atoms with E-state index in [-0.39, 0.29) is 17.1 Å². The molecular weight excluding hydrogens is 264 g/mol. The monoisotopic (exact) mass is 282 g/mol. The van der Waals surface area contributed by atoms with Gasteiger partial charge in [-0.25, -0.2) is 4.98 Å². The van der Waals surface area contributed by atoms with Gasteiger partial charge in [0.2, 0.25) is 0 Å². The number of nitrogen functional groups attached to an aromatic ring is 1. The van der Waals surface area contributed by atoms with Crippen LogP contribution in [0.25, 0.3) is 0 Å². The molecule has 1 aromatic heterocycles. The van der Waals surface area contributed by atoms with E-state index < -0.39 is 10.8 Å². The van der Waals surface area contributed by atoms with Crippen molar-refractivity contribution < 1.29 is 14.5 Å². The summed E-state index contributed by atoms with van der Waals surface area (Å²) in [6.07, 6.45) is 1.01. The van der Waals surface area contributed by atoms with Crippen LogP contribution in [0.3, 0.4) is 0 Å². The lowest BCUT2D eigenvalue weighted by atomic mass is 10.2. The number of rotatable bonds is 7.